The van der Waals surface area contributed by atoms with E-state index in [0.29, 0.717) is 0 Å². The molecule has 2 nitrogen and oxygen atoms in total. The van der Waals surface area contributed by atoms with Gasteiger partial charge in [0.05, 0.1) is 11.0 Å². The normalized spacial score (nSPS) is 12.5. The number of hydrogen-bond donors (Lipinski definition) is 0. The Kier molecular flexibility index (Phi) is 6.99. The molecule has 0 radical (unpaired) electrons. The van der Waals surface area contributed by atoms with Gasteiger partial charge in [-0.1, -0.05) is 146 Å². The lowest BCUT2D eigenvalue weighted by atomic mass is 9.85. The summed E-state index contributed by atoms with van der Waals surface area (Å²) in [6.07, 6.45) is 7.02. The first-order valence-corrected chi connectivity index (χ1v) is 17.8. The quantitative estimate of drug-likeness (QED) is 0.181. The van der Waals surface area contributed by atoms with Crippen LogP contribution in [0.25, 0.3) is 95.2 Å². The van der Waals surface area contributed by atoms with Gasteiger partial charge in [0.15, 0.2) is 0 Å². The largest absolute Gasteiger partial charge is 0.292 e. The number of fused-ring (bicyclic) bond motifs is 4. The molecule has 0 saturated carbocycles. The minimum absolute atomic E-state index is 0.942. The molecule has 240 valence electrons. The SMILES string of the molecule is C1=c2c(-c3ccccc3)c3ccc(-c4ccc(-c5nc6ccccc6n5-c5ccccc5)cc4)cc3c(-c3ccc4ccccc4c3)c2=CCC1. The van der Waals surface area contributed by atoms with Gasteiger partial charge in [-0.15, -0.1) is 0 Å². The van der Waals surface area contributed by atoms with Gasteiger partial charge in [-0.05, 0) is 115 Å². The molecular formula is C49H34N2. The Labute approximate surface area is 296 Å². The summed E-state index contributed by atoms with van der Waals surface area (Å²) < 4.78 is 2.26. The summed E-state index contributed by atoms with van der Waals surface area (Å²) in [5.74, 6) is 0.942. The van der Waals surface area contributed by atoms with Gasteiger partial charge in [-0.2, -0.15) is 0 Å². The molecule has 0 atom stereocenters. The van der Waals surface area contributed by atoms with E-state index < -0.39 is 0 Å². The zero-order chi connectivity index (χ0) is 33.7. The second kappa shape index (κ2) is 12.1. The second-order valence-corrected chi connectivity index (χ2v) is 13.4. The summed E-state index contributed by atoms with van der Waals surface area (Å²) >= 11 is 0. The minimum Gasteiger partial charge on any atom is -0.292 e. The number of nitrogens with zero attached hydrogens (tertiary/aromatic N) is 2. The van der Waals surface area contributed by atoms with Gasteiger partial charge in [-0.25, -0.2) is 4.98 Å². The Balaban J connectivity index is 1.18. The summed E-state index contributed by atoms with van der Waals surface area (Å²) in [6, 6.07) is 61.4. The third kappa shape index (κ3) is 4.99. The van der Waals surface area contributed by atoms with Crippen LogP contribution >= 0.6 is 0 Å². The van der Waals surface area contributed by atoms with Crippen LogP contribution in [0.5, 0.6) is 0 Å². The van der Waals surface area contributed by atoms with E-state index >= 15 is 0 Å². The Morgan fingerprint density at radius 3 is 1.80 bits per heavy atom. The molecule has 0 aliphatic heterocycles. The van der Waals surface area contributed by atoms with Crippen molar-refractivity contribution in [2.24, 2.45) is 0 Å². The first-order valence-electron chi connectivity index (χ1n) is 17.8. The minimum atomic E-state index is 0.942. The first-order chi connectivity index (χ1) is 25.3. The van der Waals surface area contributed by atoms with E-state index in [2.05, 4.69) is 187 Å². The summed E-state index contributed by atoms with van der Waals surface area (Å²) in [4.78, 5) is 5.11. The highest BCUT2D eigenvalue weighted by Crippen LogP contribution is 2.37. The predicted octanol–water partition coefficient (Wildman–Crippen LogP) is 11.4. The highest BCUT2D eigenvalue weighted by atomic mass is 15.1. The maximum absolute atomic E-state index is 5.11. The standard InChI is InChI=1S/C49H34N2/c1-3-14-35(15-4-1)47-41-19-9-10-20-42(41)48(39-28-25-33-13-7-8-16-37(33)31-39)44-32-38(29-30-43(44)47)34-23-26-36(27-24-34)49-50-45-21-11-12-22-46(45)51(49)40-17-5-2-6-18-40/h1-8,11-32H,9-10H2. The molecule has 9 aromatic rings. The third-order valence-electron chi connectivity index (χ3n) is 10.4. The van der Waals surface area contributed by atoms with Crippen LogP contribution in [0.1, 0.15) is 12.8 Å². The van der Waals surface area contributed by atoms with E-state index in [1.807, 2.05) is 0 Å². The molecule has 0 spiro atoms. The van der Waals surface area contributed by atoms with Gasteiger partial charge in [-0.3, -0.25) is 4.57 Å². The van der Waals surface area contributed by atoms with Crippen LogP contribution in [0.4, 0.5) is 0 Å². The molecule has 0 unspecified atom stereocenters. The maximum atomic E-state index is 5.11. The predicted molar refractivity (Wildman–Crippen MR) is 215 cm³/mol. The third-order valence-corrected chi connectivity index (χ3v) is 10.4. The van der Waals surface area contributed by atoms with Crippen LogP contribution in [0.3, 0.4) is 0 Å². The average molecular weight is 651 g/mol. The Morgan fingerprint density at radius 1 is 0.412 bits per heavy atom. The van der Waals surface area contributed by atoms with Crippen LogP contribution < -0.4 is 10.4 Å². The van der Waals surface area contributed by atoms with Gasteiger partial charge in [0, 0.05) is 11.3 Å². The Hall–Kier alpha value is -6.51. The second-order valence-electron chi connectivity index (χ2n) is 13.4. The molecule has 0 saturated heterocycles. The number of para-hydroxylation sites is 3. The van der Waals surface area contributed by atoms with Crippen molar-refractivity contribution >= 4 is 44.7 Å². The van der Waals surface area contributed by atoms with Gasteiger partial charge in [0.25, 0.3) is 0 Å². The smallest absolute Gasteiger partial charge is 0.145 e. The van der Waals surface area contributed by atoms with E-state index in [0.717, 1.165) is 41.0 Å². The zero-order valence-electron chi connectivity index (χ0n) is 28.1. The lowest BCUT2D eigenvalue weighted by Gasteiger charge is -2.19. The van der Waals surface area contributed by atoms with Crippen molar-refractivity contribution in [2.45, 2.75) is 12.8 Å². The molecule has 0 bridgehead atoms. The summed E-state index contributed by atoms with van der Waals surface area (Å²) in [5, 5.41) is 7.78. The fraction of sp³-hybridized carbons (Fsp3) is 0.0408. The van der Waals surface area contributed by atoms with Gasteiger partial charge < -0.3 is 0 Å². The Bertz CT molecular complexity index is 2880. The number of hydrogen-bond acceptors (Lipinski definition) is 1. The van der Waals surface area contributed by atoms with Crippen LogP contribution in [0.15, 0.2) is 170 Å². The summed E-state index contributed by atoms with van der Waals surface area (Å²) in [6.45, 7) is 0. The van der Waals surface area contributed by atoms with Gasteiger partial charge in [0.1, 0.15) is 5.82 Å². The van der Waals surface area contributed by atoms with Gasteiger partial charge >= 0.3 is 0 Å². The van der Waals surface area contributed by atoms with Crippen molar-refractivity contribution in [3.8, 4) is 50.5 Å². The molecule has 1 heterocycles. The van der Waals surface area contributed by atoms with Crippen molar-refractivity contribution in [3.63, 3.8) is 0 Å². The lowest BCUT2D eigenvalue weighted by Crippen LogP contribution is -2.31. The first kappa shape index (κ1) is 29.4. The van der Waals surface area contributed by atoms with Crippen LogP contribution in [0.2, 0.25) is 0 Å². The molecule has 0 fully saturated rings. The molecule has 51 heavy (non-hydrogen) atoms. The number of benzene rings is 8. The number of imidazole rings is 1. The van der Waals surface area contributed by atoms with Gasteiger partial charge in [0.2, 0.25) is 0 Å². The summed E-state index contributed by atoms with van der Waals surface area (Å²) in [5.41, 5.74) is 11.8. The Morgan fingerprint density at radius 2 is 1.02 bits per heavy atom. The fourth-order valence-corrected chi connectivity index (χ4v) is 8.03. The molecule has 1 aromatic heterocycles. The van der Waals surface area contributed by atoms with E-state index in [1.54, 1.807) is 0 Å². The fourth-order valence-electron chi connectivity index (χ4n) is 8.03. The van der Waals surface area contributed by atoms with Crippen molar-refractivity contribution in [2.75, 3.05) is 0 Å². The van der Waals surface area contributed by atoms with E-state index in [-0.39, 0.29) is 0 Å². The van der Waals surface area contributed by atoms with Crippen molar-refractivity contribution < 1.29 is 0 Å². The van der Waals surface area contributed by atoms with Crippen LogP contribution in [-0.4, -0.2) is 9.55 Å². The van der Waals surface area contributed by atoms with Crippen molar-refractivity contribution in [1.29, 1.82) is 0 Å². The van der Waals surface area contributed by atoms with E-state index in [1.165, 1.54) is 65.4 Å². The lowest BCUT2D eigenvalue weighted by molar-refractivity contribution is 1.10. The van der Waals surface area contributed by atoms with Crippen LogP contribution in [0, 0.1) is 0 Å². The maximum Gasteiger partial charge on any atom is 0.145 e. The highest BCUT2D eigenvalue weighted by Gasteiger charge is 2.18. The zero-order valence-corrected chi connectivity index (χ0v) is 28.1. The molecule has 10 rings (SSSR count). The molecular weight excluding hydrogens is 617 g/mol. The molecule has 0 N–H and O–H groups in total. The topological polar surface area (TPSA) is 17.8 Å². The average Bonchev–Trinajstić information content (AvgIpc) is 3.60. The molecule has 1 aliphatic rings. The van der Waals surface area contributed by atoms with Crippen molar-refractivity contribution in [1.82, 2.24) is 9.55 Å². The summed E-state index contributed by atoms with van der Waals surface area (Å²) in [7, 11) is 0. The van der Waals surface area contributed by atoms with E-state index in [4.69, 9.17) is 4.98 Å². The van der Waals surface area contributed by atoms with Crippen LogP contribution in [-0.2, 0) is 0 Å². The molecule has 0 amide bonds. The highest BCUT2D eigenvalue weighted by molar-refractivity contribution is 6.08. The molecule has 8 aromatic carbocycles. The number of rotatable bonds is 5. The monoisotopic (exact) mass is 650 g/mol. The number of aromatic nitrogens is 2. The molecule has 1 aliphatic carbocycles. The van der Waals surface area contributed by atoms with Crippen molar-refractivity contribution in [3.05, 3.63) is 180 Å². The van der Waals surface area contributed by atoms with E-state index in [9.17, 15) is 0 Å². The molecule has 2 heteroatoms.